The highest BCUT2D eigenvalue weighted by atomic mass is 35.6. The molecule has 2 aromatic rings. The van der Waals surface area contributed by atoms with Crippen molar-refractivity contribution in [2.75, 3.05) is 0 Å². The summed E-state index contributed by atoms with van der Waals surface area (Å²) in [6, 6.07) is 20.4. The van der Waals surface area contributed by atoms with E-state index in [1.807, 2.05) is 36.4 Å². The van der Waals surface area contributed by atoms with Crippen LogP contribution in [0.4, 0.5) is 0 Å². The first-order chi connectivity index (χ1) is 7.86. The molecule has 0 saturated heterocycles. The molecule has 84 valence electrons. The van der Waals surface area contributed by atoms with Gasteiger partial charge < -0.3 is 0 Å². The molecule has 0 atom stereocenters. The van der Waals surface area contributed by atoms with Gasteiger partial charge in [-0.2, -0.15) is 22.2 Å². The third-order valence-corrected chi connectivity index (χ3v) is 5.41. The molecule has 0 aliphatic rings. The lowest BCUT2D eigenvalue weighted by molar-refractivity contribution is 1.77. The highest BCUT2D eigenvalue weighted by Crippen LogP contribution is 1.82. The summed E-state index contributed by atoms with van der Waals surface area (Å²) in [6.45, 7) is 0. The minimum absolute atomic E-state index is 0.437. The molecule has 2 rings (SSSR count). The molecule has 0 spiro atoms. The van der Waals surface area contributed by atoms with Crippen LogP contribution in [0.5, 0.6) is 0 Å². The maximum absolute atomic E-state index is 5.67. The van der Waals surface area contributed by atoms with Crippen LogP contribution < -0.4 is 10.4 Å². The Morgan fingerprint density at radius 1 is 0.562 bits per heavy atom. The van der Waals surface area contributed by atoms with Gasteiger partial charge in [0, 0.05) is 0 Å². The average molecular weight is 285 g/mol. The van der Waals surface area contributed by atoms with E-state index in [0.717, 1.165) is 0 Å². The van der Waals surface area contributed by atoms with Crippen molar-refractivity contribution in [1.82, 2.24) is 0 Å². The maximum atomic E-state index is 5.67. The third-order valence-electron chi connectivity index (χ3n) is 1.99. The summed E-state index contributed by atoms with van der Waals surface area (Å²) in [6.07, 6.45) is 0. The van der Waals surface area contributed by atoms with E-state index >= 15 is 0 Å². The first-order valence-electron chi connectivity index (χ1n) is 5.06. The summed E-state index contributed by atoms with van der Waals surface area (Å²) in [5, 5.41) is 2.63. The van der Waals surface area contributed by atoms with E-state index in [1.54, 1.807) is 0 Å². The highest BCUT2D eigenvalue weighted by Gasteiger charge is 1.83. The first-order valence-corrected chi connectivity index (χ1v) is 10.8. The molecule has 0 radical (unpaired) electrons. The lowest BCUT2D eigenvalue weighted by Gasteiger charge is -1.87. The van der Waals surface area contributed by atoms with Gasteiger partial charge in [0.25, 0.3) is 0 Å². The Labute approximate surface area is 111 Å². The molecule has 0 nitrogen and oxygen atoms in total. The predicted molar refractivity (Wildman–Crippen MR) is 80.9 cm³/mol. The lowest BCUT2D eigenvalue weighted by atomic mass is 10.4. The Kier molecular flexibility index (Phi) is 7.26. The van der Waals surface area contributed by atoms with E-state index in [-0.39, 0.29) is 0 Å². The topological polar surface area (TPSA) is 0 Å². The van der Waals surface area contributed by atoms with Crippen molar-refractivity contribution in [2.24, 2.45) is 0 Å². The van der Waals surface area contributed by atoms with Crippen LogP contribution in [0.25, 0.3) is 0 Å². The smallest absolute Gasteiger partial charge is 0.155 e. The molecule has 4 heteroatoms. The monoisotopic (exact) mass is 284 g/mol. The van der Waals surface area contributed by atoms with Crippen molar-refractivity contribution in [3.05, 3.63) is 60.7 Å². The van der Waals surface area contributed by atoms with Gasteiger partial charge in [0.15, 0.2) is 17.7 Å². The van der Waals surface area contributed by atoms with Gasteiger partial charge in [0.2, 0.25) is 0 Å². The molecule has 0 bridgehead atoms. The van der Waals surface area contributed by atoms with Crippen LogP contribution in [0.3, 0.4) is 0 Å². The van der Waals surface area contributed by atoms with Crippen LogP contribution in [0.2, 0.25) is 0 Å². The summed E-state index contributed by atoms with van der Waals surface area (Å²) in [7, 11) is -0.873. The SMILES string of the molecule is Cl[SiH2]c1ccccc1.Cl[SiH2]c1ccccc1. The second-order valence-electron chi connectivity index (χ2n) is 3.24. The predicted octanol–water partition coefficient (Wildman–Crippen LogP) is 1.27. The van der Waals surface area contributed by atoms with Gasteiger partial charge in [-0.25, -0.2) is 0 Å². The molecule has 0 aliphatic carbocycles. The Morgan fingerprint density at radius 3 is 1.06 bits per heavy atom. The molecule has 0 heterocycles. The van der Waals surface area contributed by atoms with Crippen LogP contribution >= 0.6 is 22.2 Å². The van der Waals surface area contributed by atoms with Crippen molar-refractivity contribution in [3.63, 3.8) is 0 Å². The number of rotatable bonds is 2. The highest BCUT2D eigenvalue weighted by molar-refractivity contribution is 7.01. The molecular formula is C12H14Cl2Si2. The van der Waals surface area contributed by atoms with E-state index < -0.39 is 17.7 Å². The van der Waals surface area contributed by atoms with Crippen molar-refractivity contribution < 1.29 is 0 Å². The van der Waals surface area contributed by atoms with Crippen molar-refractivity contribution >= 4 is 50.2 Å². The second-order valence-corrected chi connectivity index (χ2v) is 7.01. The molecular weight excluding hydrogens is 271 g/mol. The van der Waals surface area contributed by atoms with Crippen LogP contribution in [0, 0.1) is 0 Å². The minimum atomic E-state index is -0.437. The van der Waals surface area contributed by atoms with Gasteiger partial charge in [-0.3, -0.25) is 0 Å². The lowest BCUT2D eigenvalue weighted by Crippen LogP contribution is -2.05. The molecule has 0 aliphatic heterocycles. The number of benzene rings is 2. The van der Waals surface area contributed by atoms with Gasteiger partial charge in [0.1, 0.15) is 0 Å². The molecule has 0 N–H and O–H groups in total. The summed E-state index contributed by atoms with van der Waals surface area (Å²) in [5.74, 6) is 0. The van der Waals surface area contributed by atoms with Gasteiger partial charge in [-0.1, -0.05) is 60.7 Å². The van der Waals surface area contributed by atoms with Gasteiger partial charge in [-0.15, -0.1) is 0 Å². The third kappa shape index (κ3) is 5.51. The summed E-state index contributed by atoms with van der Waals surface area (Å²) < 4.78 is 0. The van der Waals surface area contributed by atoms with E-state index in [2.05, 4.69) is 24.3 Å². The number of hydrogen-bond donors (Lipinski definition) is 0. The fraction of sp³-hybridized carbons (Fsp3) is 0. The zero-order valence-corrected chi connectivity index (χ0v) is 13.3. The fourth-order valence-corrected chi connectivity index (χ4v) is 3.10. The molecule has 0 unspecified atom stereocenters. The van der Waals surface area contributed by atoms with Crippen molar-refractivity contribution in [3.8, 4) is 0 Å². The van der Waals surface area contributed by atoms with Gasteiger partial charge >= 0.3 is 0 Å². The standard InChI is InChI=1S/2C6H7ClSi/c2*7-8-6-4-2-1-3-5-6/h2*1-5H,8H2. The Bertz CT molecular complexity index is 339. The quantitative estimate of drug-likeness (QED) is 0.576. The van der Waals surface area contributed by atoms with Crippen molar-refractivity contribution in [1.29, 1.82) is 0 Å². The Morgan fingerprint density at radius 2 is 0.875 bits per heavy atom. The zero-order chi connectivity index (χ0) is 11.6. The fourth-order valence-electron chi connectivity index (χ4n) is 1.13. The summed E-state index contributed by atoms with van der Waals surface area (Å²) in [5.41, 5.74) is 0. The zero-order valence-electron chi connectivity index (χ0n) is 8.94. The number of hydrogen-bond acceptors (Lipinski definition) is 0. The molecule has 0 amide bonds. The van der Waals surface area contributed by atoms with E-state index in [9.17, 15) is 0 Å². The van der Waals surface area contributed by atoms with E-state index in [1.165, 1.54) is 10.4 Å². The molecule has 16 heavy (non-hydrogen) atoms. The van der Waals surface area contributed by atoms with Gasteiger partial charge in [-0.05, 0) is 10.4 Å². The molecule has 2 aromatic carbocycles. The molecule has 0 aromatic heterocycles. The molecule has 0 fully saturated rings. The van der Waals surface area contributed by atoms with Crippen LogP contribution in [0.15, 0.2) is 60.7 Å². The Hall–Kier alpha value is -0.546. The minimum Gasteiger partial charge on any atom is -0.170 e. The largest absolute Gasteiger partial charge is 0.170 e. The first kappa shape index (κ1) is 13.5. The van der Waals surface area contributed by atoms with Crippen molar-refractivity contribution in [2.45, 2.75) is 0 Å². The maximum Gasteiger partial charge on any atom is 0.155 e. The number of halogens is 2. The second kappa shape index (κ2) is 8.59. The summed E-state index contributed by atoms with van der Waals surface area (Å²) >= 11 is 11.3. The van der Waals surface area contributed by atoms with Crippen LogP contribution in [-0.4, -0.2) is 17.7 Å². The van der Waals surface area contributed by atoms with E-state index in [0.29, 0.717) is 0 Å². The summed E-state index contributed by atoms with van der Waals surface area (Å²) in [4.78, 5) is 0. The van der Waals surface area contributed by atoms with Crippen LogP contribution in [0.1, 0.15) is 0 Å². The van der Waals surface area contributed by atoms with Gasteiger partial charge in [0.05, 0.1) is 0 Å². The van der Waals surface area contributed by atoms with E-state index in [4.69, 9.17) is 22.2 Å². The van der Waals surface area contributed by atoms with Crippen LogP contribution in [-0.2, 0) is 0 Å². The molecule has 0 saturated carbocycles. The average Bonchev–Trinajstić information content (AvgIpc) is 2.41. The Balaban J connectivity index is 0.000000160. The normalized spacial score (nSPS) is 10.6.